The molecule has 0 aliphatic carbocycles. The van der Waals surface area contributed by atoms with E-state index in [1.165, 1.54) is 26.2 Å². The quantitative estimate of drug-likeness (QED) is 0.733. The summed E-state index contributed by atoms with van der Waals surface area (Å²) >= 11 is 0. The standard InChI is InChI=1S/C12H16FN3O3/c1-7(17)15-11-5-8(3-4-9(11)13)16-12(18)10(14)6-19-2/h3-5,10H,6,14H2,1-2H3,(H,15,17)(H,16,18). The molecule has 0 aliphatic rings. The maximum absolute atomic E-state index is 13.4. The molecule has 1 rings (SSSR count). The smallest absolute Gasteiger partial charge is 0.243 e. The summed E-state index contributed by atoms with van der Waals surface area (Å²) in [5, 5.41) is 4.83. The van der Waals surface area contributed by atoms with Gasteiger partial charge in [-0.25, -0.2) is 4.39 Å². The van der Waals surface area contributed by atoms with Gasteiger partial charge in [0, 0.05) is 19.7 Å². The second-order valence-electron chi connectivity index (χ2n) is 3.93. The van der Waals surface area contributed by atoms with E-state index in [-0.39, 0.29) is 12.3 Å². The molecule has 6 nitrogen and oxygen atoms in total. The Labute approximate surface area is 110 Å². The van der Waals surface area contributed by atoms with Crippen molar-refractivity contribution in [1.29, 1.82) is 0 Å². The fourth-order valence-corrected chi connectivity index (χ4v) is 1.38. The van der Waals surface area contributed by atoms with E-state index in [0.717, 1.165) is 6.07 Å². The second-order valence-corrected chi connectivity index (χ2v) is 3.93. The van der Waals surface area contributed by atoms with E-state index in [1.54, 1.807) is 0 Å². The number of halogens is 1. The zero-order valence-electron chi connectivity index (χ0n) is 10.7. The molecule has 0 saturated heterocycles. The van der Waals surface area contributed by atoms with Gasteiger partial charge in [0.15, 0.2) is 0 Å². The Bertz CT molecular complexity index is 479. The molecular formula is C12H16FN3O3. The molecule has 0 radical (unpaired) electrons. The Kier molecular flexibility index (Phi) is 5.40. The number of nitrogens with one attached hydrogen (secondary N) is 2. The third kappa shape index (κ3) is 4.65. The minimum absolute atomic E-state index is 0.00869. The lowest BCUT2D eigenvalue weighted by Gasteiger charge is -2.12. The summed E-state index contributed by atoms with van der Waals surface area (Å²) in [5.41, 5.74) is 5.87. The number of ether oxygens (including phenoxy) is 1. The molecule has 1 unspecified atom stereocenters. The topological polar surface area (TPSA) is 93.4 Å². The predicted molar refractivity (Wildman–Crippen MR) is 69.2 cm³/mol. The molecular weight excluding hydrogens is 253 g/mol. The summed E-state index contributed by atoms with van der Waals surface area (Å²) in [6, 6.07) is 3.01. The van der Waals surface area contributed by atoms with Crippen LogP contribution in [0, 0.1) is 5.82 Å². The third-order valence-electron chi connectivity index (χ3n) is 2.23. The molecule has 19 heavy (non-hydrogen) atoms. The molecule has 0 saturated carbocycles. The van der Waals surface area contributed by atoms with Crippen LogP contribution in [-0.4, -0.2) is 31.6 Å². The molecule has 1 atom stereocenters. The summed E-state index contributed by atoms with van der Waals surface area (Å²) in [6.45, 7) is 1.34. The van der Waals surface area contributed by atoms with Gasteiger partial charge in [0.25, 0.3) is 0 Å². The molecule has 0 bridgehead atoms. The number of carbonyl (C=O) groups is 2. The van der Waals surface area contributed by atoms with E-state index in [1.807, 2.05) is 0 Å². The zero-order chi connectivity index (χ0) is 14.4. The fourth-order valence-electron chi connectivity index (χ4n) is 1.38. The molecule has 0 aromatic heterocycles. The summed E-state index contributed by atoms with van der Waals surface area (Å²) in [7, 11) is 1.43. The SMILES string of the molecule is COCC(N)C(=O)Nc1ccc(F)c(NC(C)=O)c1. The highest BCUT2D eigenvalue weighted by Gasteiger charge is 2.14. The van der Waals surface area contributed by atoms with Crippen LogP contribution in [0.3, 0.4) is 0 Å². The minimum Gasteiger partial charge on any atom is -0.383 e. The van der Waals surface area contributed by atoms with Crippen molar-refractivity contribution in [2.75, 3.05) is 24.4 Å². The van der Waals surface area contributed by atoms with Gasteiger partial charge >= 0.3 is 0 Å². The van der Waals surface area contributed by atoms with Gasteiger partial charge in [-0.05, 0) is 18.2 Å². The molecule has 1 aromatic rings. The molecule has 4 N–H and O–H groups in total. The van der Waals surface area contributed by atoms with Crippen LogP contribution in [-0.2, 0) is 14.3 Å². The Morgan fingerprint density at radius 1 is 1.42 bits per heavy atom. The molecule has 7 heteroatoms. The van der Waals surface area contributed by atoms with Crippen molar-refractivity contribution in [2.45, 2.75) is 13.0 Å². The Hall–Kier alpha value is -1.99. The molecule has 2 amide bonds. The summed E-state index contributed by atoms with van der Waals surface area (Å²) < 4.78 is 18.1. The number of amides is 2. The van der Waals surface area contributed by atoms with Crippen LogP contribution in [0.1, 0.15) is 6.92 Å². The fraction of sp³-hybridized carbons (Fsp3) is 0.333. The van der Waals surface area contributed by atoms with Gasteiger partial charge in [0.2, 0.25) is 11.8 Å². The summed E-state index contributed by atoms with van der Waals surface area (Å²) in [6.07, 6.45) is 0. The number of anilines is 2. The van der Waals surface area contributed by atoms with Crippen molar-refractivity contribution in [2.24, 2.45) is 5.73 Å². The highest BCUT2D eigenvalue weighted by atomic mass is 19.1. The molecule has 0 heterocycles. The number of rotatable bonds is 5. The molecule has 0 aliphatic heterocycles. The minimum atomic E-state index is -0.820. The van der Waals surface area contributed by atoms with Crippen molar-refractivity contribution in [3.63, 3.8) is 0 Å². The molecule has 104 valence electrons. The molecule has 0 fully saturated rings. The van der Waals surface area contributed by atoms with Crippen molar-refractivity contribution >= 4 is 23.2 Å². The van der Waals surface area contributed by atoms with Gasteiger partial charge in [-0.2, -0.15) is 0 Å². The summed E-state index contributed by atoms with van der Waals surface area (Å²) in [5.74, 6) is -1.45. The van der Waals surface area contributed by atoms with Gasteiger partial charge in [0.05, 0.1) is 12.3 Å². The Morgan fingerprint density at radius 2 is 2.11 bits per heavy atom. The van der Waals surface area contributed by atoms with Crippen molar-refractivity contribution in [3.05, 3.63) is 24.0 Å². The number of benzene rings is 1. The maximum Gasteiger partial charge on any atom is 0.243 e. The van der Waals surface area contributed by atoms with E-state index in [0.29, 0.717) is 5.69 Å². The van der Waals surface area contributed by atoms with E-state index < -0.39 is 23.7 Å². The Balaban J connectivity index is 2.79. The van der Waals surface area contributed by atoms with Crippen molar-refractivity contribution in [1.82, 2.24) is 0 Å². The van der Waals surface area contributed by atoms with Gasteiger partial charge in [0.1, 0.15) is 11.9 Å². The number of carbonyl (C=O) groups excluding carboxylic acids is 2. The second kappa shape index (κ2) is 6.81. The zero-order valence-corrected chi connectivity index (χ0v) is 10.7. The molecule has 1 aromatic carbocycles. The third-order valence-corrected chi connectivity index (χ3v) is 2.23. The van der Waals surface area contributed by atoms with Crippen LogP contribution < -0.4 is 16.4 Å². The highest BCUT2D eigenvalue weighted by molar-refractivity contribution is 5.96. The summed E-state index contributed by atoms with van der Waals surface area (Å²) in [4.78, 5) is 22.5. The van der Waals surface area contributed by atoms with Crippen LogP contribution in [0.5, 0.6) is 0 Å². The average Bonchev–Trinajstić information content (AvgIpc) is 2.33. The lowest BCUT2D eigenvalue weighted by atomic mass is 10.2. The highest BCUT2D eigenvalue weighted by Crippen LogP contribution is 2.19. The van der Waals surface area contributed by atoms with E-state index in [9.17, 15) is 14.0 Å². The first kappa shape index (κ1) is 15.1. The largest absolute Gasteiger partial charge is 0.383 e. The van der Waals surface area contributed by atoms with Crippen LogP contribution in [0.4, 0.5) is 15.8 Å². The van der Waals surface area contributed by atoms with Gasteiger partial charge in [-0.1, -0.05) is 0 Å². The van der Waals surface area contributed by atoms with Gasteiger partial charge < -0.3 is 21.1 Å². The Morgan fingerprint density at radius 3 is 2.68 bits per heavy atom. The lowest BCUT2D eigenvalue weighted by Crippen LogP contribution is -2.39. The first-order valence-corrected chi connectivity index (χ1v) is 5.56. The van der Waals surface area contributed by atoms with Crippen molar-refractivity contribution < 1.29 is 18.7 Å². The van der Waals surface area contributed by atoms with E-state index >= 15 is 0 Å². The first-order valence-electron chi connectivity index (χ1n) is 5.56. The lowest BCUT2D eigenvalue weighted by molar-refractivity contribution is -0.118. The van der Waals surface area contributed by atoms with Crippen molar-refractivity contribution in [3.8, 4) is 0 Å². The van der Waals surface area contributed by atoms with Crippen LogP contribution in [0.25, 0.3) is 0 Å². The van der Waals surface area contributed by atoms with Crippen LogP contribution in [0.15, 0.2) is 18.2 Å². The van der Waals surface area contributed by atoms with E-state index in [2.05, 4.69) is 10.6 Å². The van der Waals surface area contributed by atoms with Gasteiger partial charge in [-0.15, -0.1) is 0 Å². The average molecular weight is 269 g/mol. The maximum atomic E-state index is 13.4. The van der Waals surface area contributed by atoms with Gasteiger partial charge in [-0.3, -0.25) is 9.59 Å². The first-order chi connectivity index (χ1) is 8.93. The number of hydrogen-bond acceptors (Lipinski definition) is 4. The monoisotopic (exact) mass is 269 g/mol. The predicted octanol–water partition coefficient (Wildman–Crippen LogP) is 0.696. The number of nitrogens with two attached hydrogens (primary N) is 1. The molecule has 0 spiro atoms. The number of hydrogen-bond donors (Lipinski definition) is 3. The van der Waals surface area contributed by atoms with Crippen LogP contribution in [0.2, 0.25) is 0 Å². The van der Waals surface area contributed by atoms with Crippen LogP contribution >= 0.6 is 0 Å². The normalized spacial score (nSPS) is 11.8. The number of methoxy groups -OCH3 is 1. The van der Waals surface area contributed by atoms with E-state index in [4.69, 9.17) is 10.5 Å².